The van der Waals surface area contributed by atoms with Crippen LogP contribution in [-0.2, 0) is 13.3 Å². The Balaban J connectivity index is 4.53. The highest BCUT2D eigenvalue weighted by Gasteiger charge is 2.39. The standard InChI is InChI=1S/C13H29NO6Si/c1-5-18-21(19-6-2,20-7-3)10-8-9-14(13(16)17)11-12(4)15/h12,15H,5-11H2,1-4H3,(H,16,17). The first-order valence-corrected chi connectivity index (χ1v) is 9.41. The van der Waals surface area contributed by atoms with Gasteiger partial charge in [-0.05, 0) is 34.1 Å². The molecular formula is C13H29NO6Si. The molecule has 8 heteroatoms. The van der Waals surface area contributed by atoms with Gasteiger partial charge in [-0.15, -0.1) is 0 Å². The van der Waals surface area contributed by atoms with Crippen LogP contribution in [0.3, 0.4) is 0 Å². The average Bonchev–Trinajstić information content (AvgIpc) is 2.38. The van der Waals surface area contributed by atoms with Crippen molar-refractivity contribution in [2.45, 2.75) is 46.3 Å². The van der Waals surface area contributed by atoms with E-state index in [-0.39, 0.29) is 6.54 Å². The largest absolute Gasteiger partial charge is 0.500 e. The number of aliphatic hydroxyl groups excluding tert-OH is 1. The number of carbonyl (C=O) groups is 1. The Morgan fingerprint density at radius 1 is 1.14 bits per heavy atom. The van der Waals surface area contributed by atoms with Crippen molar-refractivity contribution in [1.82, 2.24) is 4.90 Å². The van der Waals surface area contributed by atoms with Gasteiger partial charge < -0.3 is 28.4 Å². The monoisotopic (exact) mass is 323 g/mol. The molecule has 0 aliphatic carbocycles. The van der Waals surface area contributed by atoms with Crippen molar-refractivity contribution in [3.63, 3.8) is 0 Å². The lowest BCUT2D eigenvalue weighted by atomic mass is 10.3. The quantitative estimate of drug-likeness (QED) is 0.532. The fraction of sp³-hybridized carbons (Fsp3) is 0.923. The van der Waals surface area contributed by atoms with E-state index in [9.17, 15) is 9.90 Å². The second-order valence-electron chi connectivity index (χ2n) is 4.66. The predicted molar refractivity (Wildman–Crippen MR) is 81.3 cm³/mol. The minimum absolute atomic E-state index is 0.0990. The van der Waals surface area contributed by atoms with E-state index in [1.54, 1.807) is 6.92 Å². The van der Waals surface area contributed by atoms with Crippen molar-refractivity contribution in [2.75, 3.05) is 32.9 Å². The molecule has 2 N–H and O–H groups in total. The summed E-state index contributed by atoms with van der Waals surface area (Å²) in [6, 6.07) is 0.562. The van der Waals surface area contributed by atoms with Gasteiger partial charge in [0.2, 0.25) is 0 Å². The van der Waals surface area contributed by atoms with Gasteiger partial charge in [0, 0.05) is 39.0 Å². The molecule has 0 aromatic rings. The predicted octanol–water partition coefficient (Wildman–Crippen LogP) is 1.79. The third kappa shape index (κ3) is 8.37. The first-order valence-electron chi connectivity index (χ1n) is 7.48. The number of amides is 1. The van der Waals surface area contributed by atoms with Crippen LogP contribution in [0.5, 0.6) is 0 Å². The van der Waals surface area contributed by atoms with Crippen molar-refractivity contribution in [3.05, 3.63) is 0 Å². The molecule has 0 rings (SSSR count). The molecule has 0 saturated heterocycles. The fourth-order valence-corrected chi connectivity index (χ4v) is 4.67. The molecule has 0 aromatic heterocycles. The molecule has 0 radical (unpaired) electrons. The summed E-state index contributed by atoms with van der Waals surface area (Å²) in [5.41, 5.74) is 0. The van der Waals surface area contributed by atoms with E-state index in [0.29, 0.717) is 38.8 Å². The van der Waals surface area contributed by atoms with Crippen LogP contribution in [0.1, 0.15) is 34.1 Å². The van der Waals surface area contributed by atoms with Crippen molar-refractivity contribution < 1.29 is 28.3 Å². The van der Waals surface area contributed by atoms with Crippen LogP contribution >= 0.6 is 0 Å². The van der Waals surface area contributed by atoms with Crippen LogP contribution < -0.4 is 0 Å². The van der Waals surface area contributed by atoms with E-state index in [1.165, 1.54) is 4.90 Å². The van der Waals surface area contributed by atoms with Crippen molar-refractivity contribution in [2.24, 2.45) is 0 Å². The van der Waals surface area contributed by atoms with Crippen LogP contribution in [0, 0.1) is 0 Å². The van der Waals surface area contributed by atoms with Crippen LogP contribution in [0.2, 0.25) is 6.04 Å². The number of hydrogen-bond donors (Lipinski definition) is 2. The molecular weight excluding hydrogens is 294 g/mol. The third-order valence-electron chi connectivity index (χ3n) is 2.76. The first kappa shape index (κ1) is 20.3. The third-order valence-corrected chi connectivity index (χ3v) is 5.91. The molecule has 0 saturated carbocycles. The van der Waals surface area contributed by atoms with Gasteiger partial charge >= 0.3 is 14.9 Å². The summed E-state index contributed by atoms with van der Waals surface area (Å²) in [6.07, 6.45) is -1.15. The molecule has 0 fully saturated rings. The second kappa shape index (κ2) is 11.0. The van der Waals surface area contributed by atoms with E-state index < -0.39 is 21.0 Å². The lowest BCUT2D eigenvalue weighted by Gasteiger charge is -2.29. The van der Waals surface area contributed by atoms with Crippen LogP contribution in [0.4, 0.5) is 4.79 Å². The SMILES string of the molecule is CCO[Si](CCCN(CC(C)O)C(=O)O)(OCC)OCC. The molecule has 7 nitrogen and oxygen atoms in total. The van der Waals surface area contributed by atoms with Gasteiger partial charge in [-0.2, -0.15) is 0 Å². The topological polar surface area (TPSA) is 88.5 Å². The molecule has 0 aliphatic heterocycles. The minimum Gasteiger partial charge on any atom is -0.465 e. The van der Waals surface area contributed by atoms with Gasteiger partial charge in [-0.25, -0.2) is 4.79 Å². The Bertz CT molecular complexity index is 273. The lowest BCUT2D eigenvalue weighted by molar-refractivity contribution is 0.0684. The number of aliphatic hydroxyl groups is 1. The normalized spacial score (nSPS) is 13.2. The second-order valence-corrected chi connectivity index (χ2v) is 7.40. The first-order chi connectivity index (χ1) is 9.90. The van der Waals surface area contributed by atoms with Crippen molar-refractivity contribution in [3.8, 4) is 0 Å². The fourth-order valence-electron chi connectivity index (χ4n) is 2.07. The van der Waals surface area contributed by atoms with E-state index in [4.69, 9.17) is 18.4 Å². The molecule has 21 heavy (non-hydrogen) atoms. The molecule has 0 aliphatic rings. The molecule has 0 spiro atoms. The summed E-state index contributed by atoms with van der Waals surface area (Å²) in [5.74, 6) is 0. The molecule has 0 aromatic carbocycles. The van der Waals surface area contributed by atoms with E-state index in [0.717, 1.165) is 0 Å². The highest BCUT2D eigenvalue weighted by atomic mass is 28.4. The minimum atomic E-state index is -2.72. The van der Waals surface area contributed by atoms with Gasteiger partial charge in [0.25, 0.3) is 0 Å². The zero-order valence-corrected chi connectivity index (χ0v) is 14.5. The maximum absolute atomic E-state index is 11.1. The summed E-state index contributed by atoms with van der Waals surface area (Å²) in [5, 5.41) is 18.4. The number of carboxylic acid groups (broad SMARTS) is 1. The summed E-state index contributed by atoms with van der Waals surface area (Å²) in [4.78, 5) is 12.3. The Kier molecular flexibility index (Phi) is 10.6. The van der Waals surface area contributed by atoms with E-state index in [2.05, 4.69) is 0 Å². The van der Waals surface area contributed by atoms with Crippen LogP contribution in [0.15, 0.2) is 0 Å². The number of hydrogen-bond acceptors (Lipinski definition) is 5. The van der Waals surface area contributed by atoms with Crippen molar-refractivity contribution in [1.29, 1.82) is 0 Å². The van der Waals surface area contributed by atoms with Gasteiger partial charge in [-0.3, -0.25) is 0 Å². The smallest absolute Gasteiger partial charge is 0.465 e. The average molecular weight is 323 g/mol. The van der Waals surface area contributed by atoms with Gasteiger partial charge in [0.05, 0.1) is 6.10 Å². The summed E-state index contributed by atoms with van der Waals surface area (Å²) in [6.45, 7) is 9.15. The van der Waals surface area contributed by atoms with Gasteiger partial charge in [-0.1, -0.05) is 0 Å². The van der Waals surface area contributed by atoms with E-state index in [1.807, 2.05) is 20.8 Å². The van der Waals surface area contributed by atoms with Crippen LogP contribution in [-0.4, -0.2) is 69.0 Å². The summed E-state index contributed by atoms with van der Waals surface area (Å²) < 4.78 is 17.1. The number of nitrogens with zero attached hydrogens (tertiary/aromatic N) is 1. The molecule has 1 atom stereocenters. The van der Waals surface area contributed by atoms with Gasteiger partial charge in [0.15, 0.2) is 0 Å². The highest BCUT2D eigenvalue weighted by Crippen LogP contribution is 2.18. The highest BCUT2D eigenvalue weighted by molar-refractivity contribution is 6.60. The zero-order chi connectivity index (χ0) is 16.3. The molecule has 1 amide bonds. The van der Waals surface area contributed by atoms with E-state index >= 15 is 0 Å². The molecule has 0 bridgehead atoms. The Hall–Kier alpha value is -0.673. The number of rotatable bonds is 12. The maximum Gasteiger partial charge on any atom is 0.500 e. The Morgan fingerprint density at radius 3 is 1.95 bits per heavy atom. The molecule has 1 unspecified atom stereocenters. The molecule has 126 valence electrons. The summed E-state index contributed by atoms with van der Waals surface area (Å²) >= 11 is 0. The Morgan fingerprint density at radius 2 is 1.62 bits per heavy atom. The lowest BCUT2D eigenvalue weighted by Crippen LogP contribution is -2.46. The van der Waals surface area contributed by atoms with Crippen molar-refractivity contribution >= 4 is 14.9 Å². The Labute approximate surface area is 128 Å². The van der Waals surface area contributed by atoms with Crippen LogP contribution in [0.25, 0.3) is 0 Å². The molecule has 0 heterocycles. The summed E-state index contributed by atoms with van der Waals surface area (Å²) in [7, 11) is -2.72. The maximum atomic E-state index is 11.1. The zero-order valence-electron chi connectivity index (χ0n) is 13.5. The van der Waals surface area contributed by atoms with Gasteiger partial charge in [0.1, 0.15) is 0 Å².